The van der Waals surface area contributed by atoms with E-state index in [1.54, 1.807) is 0 Å². The molecule has 1 rings (SSSR count). The first-order valence-corrected chi connectivity index (χ1v) is 5.67. The highest BCUT2D eigenvalue weighted by Crippen LogP contribution is 2.07. The average Bonchev–Trinajstić information content (AvgIpc) is 2.29. The number of esters is 1. The molecule has 0 N–H and O–H groups in total. The number of hydrogen-bond acceptors (Lipinski definition) is 2. The van der Waals surface area contributed by atoms with Crippen LogP contribution in [0.2, 0.25) is 6.32 Å². The van der Waals surface area contributed by atoms with Crippen molar-refractivity contribution in [3.05, 3.63) is 29.3 Å². The number of rotatable bonds is 5. The Bertz CT molecular complexity index is 361. The minimum absolute atomic E-state index is 0.187. The highest BCUT2D eigenvalue weighted by atomic mass is 16.5. The van der Waals surface area contributed by atoms with E-state index in [-0.39, 0.29) is 5.97 Å². The van der Waals surface area contributed by atoms with Crippen LogP contribution in [0.15, 0.2) is 18.2 Å². The summed E-state index contributed by atoms with van der Waals surface area (Å²) in [6.45, 7) is 4.19. The lowest BCUT2D eigenvalue weighted by atomic mass is 9.66. The first-order valence-electron chi connectivity index (χ1n) is 5.67. The van der Waals surface area contributed by atoms with Crippen LogP contribution in [0.25, 0.3) is 0 Å². The number of methoxy groups -OCH3 is 1. The zero-order valence-electron chi connectivity index (χ0n) is 10.2. The highest BCUT2D eigenvalue weighted by molar-refractivity contribution is 6.53. The summed E-state index contributed by atoms with van der Waals surface area (Å²) in [6, 6.07) is 6.18. The maximum absolute atomic E-state index is 11.2. The molecule has 0 unspecified atom stereocenters. The van der Waals surface area contributed by atoms with Crippen LogP contribution in [0.3, 0.4) is 0 Å². The molecule has 2 nitrogen and oxygen atoms in total. The molecule has 0 aliphatic heterocycles. The smallest absolute Gasteiger partial charge is 0.309 e. The van der Waals surface area contributed by atoms with Crippen molar-refractivity contribution in [2.45, 2.75) is 33.0 Å². The van der Waals surface area contributed by atoms with Crippen molar-refractivity contribution in [1.29, 1.82) is 0 Å². The van der Waals surface area contributed by atoms with Gasteiger partial charge in [0.25, 0.3) is 0 Å². The van der Waals surface area contributed by atoms with Gasteiger partial charge in [0.1, 0.15) is 0 Å². The van der Waals surface area contributed by atoms with E-state index in [9.17, 15) is 4.79 Å². The van der Waals surface area contributed by atoms with Crippen LogP contribution in [-0.2, 0) is 16.0 Å². The maximum Gasteiger partial charge on any atom is 0.309 e. The Morgan fingerprint density at radius 2 is 2.19 bits per heavy atom. The van der Waals surface area contributed by atoms with Gasteiger partial charge >= 0.3 is 5.97 Å². The number of ether oxygens (including phenoxy) is 1. The molecule has 0 aliphatic carbocycles. The van der Waals surface area contributed by atoms with Gasteiger partial charge in [-0.2, -0.15) is 0 Å². The second-order valence-corrected chi connectivity index (χ2v) is 3.93. The van der Waals surface area contributed by atoms with Crippen molar-refractivity contribution in [2.75, 3.05) is 7.11 Å². The fourth-order valence-corrected chi connectivity index (χ4v) is 1.58. The molecule has 3 heteroatoms. The van der Waals surface area contributed by atoms with Crippen LogP contribution >= 0.6 is 0 Å². The van der Waals surface area contributed by atoms with Crippen molar-refractivity contribution in [3.63, 3.8) is 0 Å². The van der Waals surface area contributed by atoms with Gasteiger partial charge in [0.05, 0.1) is 13.5 Å². The number of benzene rings is 1. The standard InChI is InChI=1S/C13H18BO2/c1-4-7-14-12-6-5-11(10(2)8-12)9-13(15)16-3/h5-6,8H,4,7,9H2,1-3H3. The third kappa shape index (κ3) is 3.72. The Balaban J connectivity index is 2.71. The first kappa shape index (κ1) is 12.8. The number of carbonyl (C=O) groups is 1. The number of hydrogen-bond donors (Lipinski definition) is 0. The van der Waals surface area contributed by atoms with Crippen LogP contribution in [0.4, 0.5) is 0 Å². The summed E-state index contributed by atoms with van der Waals surface area (Å²) < 4.78 is 4.66. The van der Waals surface area contributed by atoms with Gasteiger partial charge in [-0.15, -0.1) is 0 Å². The van der Waals surface area contributed by atoms with Gasteiger partial charge < -0.3 is 4.74 Å². The molecule has 0 aromatic heterocycles. The molecular weight excluding hydrogens is 199 g/mol. The highest BCUT2D eigenvalue weighted by Gasteiger charge is 2.06. The van der Waals surface area contributed by atoms with E-state index in [4.69, 9.17) is 0 Å². The molecule has 0 amide bonds. The Morgan fingerprint density at radius 1 is 1.44 bits per heavy atom. The van der Waals surface area contributed by atoms with Crippen molar-refractivity contribution < 1.29 is 9.53 Å². The molecule has 0 saturated heterocycles. The Labute approximate surface area is 98.2 Å². The van der Waals surface area contributed by atoms with Crippen molar-refractivity contribution >= 4 is 18.7 Å². The summed E-state index contributed by atoms with van der Waals surface area (Å²) in [6.07, 6.45) is 2.61. The van der Waals surface area contributed by atoms with Gasteiger partial charge in [-0.25, -0.2) is 0 Å². The predicted molar refractivity (Wildman–Crippen MR) is 67.4 cm³/mol. The fraction of sp³-hybridized carbons (Fsp3) is 0.462. The molecule has 1 radical (unpaired) electrons. The quantitative estimate of drug-likeness (QED) is 0.555. The normalized spacial score (nSPS) is 9.94. The second kappa shape index (κ2) is 6.36. The molecule has 0 saturated carbocycles. The van der Waals surface area contributed by atoms with Gasteiger partial charge in [-0.3, -0.25) is 4.79 Å². The van der Waals surface area contributed by atoms with Crippen LogP contribution in [0.1, 0.15) is 24.5 Å². The van der Waals surface area contributed by atoms with Crippen molar-refractivity contribution in [1.82, 2.24) is 0 Å². The van der Waals surface area contributed by atoms with Gasteiger partial charge in [-0.1, -0.05) is 43.3 Å². The molecular formula is C13H18BO2. The number of aryl methyl sites for hydroxylation is 1. The van der Waals surface area contributed by atoms with Gasteiger partial charge in [-0.05, 0) is 18.1 Å². The lowest BCUT2D eigenvalue weighted by molar-refractivity contribution is -0.139. The van der Waals surface area contributed by atoms with Crippen LogP contribution in [0, 0.1) is 6.92 Å². The van der Waals surface area contributed by atoms with E-state index >= 15 is 0 Å². The van der Waals surface area contributed by atoms with Crippen molar-refractivity contribution in [2.24, 2.45) is 0 Å². The maximum atomic E-state index is 11.2. The van der Waals surface area contributed by atoms with Crippen LogP contribution in [0.5, 0.6) is 0 Å². The molecule has 0 heterocycles. The largest absolute Gasteiger partial charge is 0.469 e. The summed E-state index contributed by atoms with van der Waals surface area (Å²) in [7, 11) is 3.63. The minimum atomic E-state index is -0.187. The topological polar surface area (TPSA) is 26.3 Å². The molecule has 1 aromatic rings. The van der Waals surface area contributed by atoms with E-state index in [0.29, 0.717) is 6.42 Å². The van der Waals surface area contributed by atoms with Crippen LogP contribution < -0.4 is 5.46 Å². The molecule has 0 atom stereocenters. The first-order chi connectivity index (χ1) is 7.67. The van der Waals surface area contributed by atoms with E-state index in [1.807, 2.05) is 13.0 Å². The summed E-state index contributed by atoms with van der Waals surface area (Å²) in [5.41, 5.74) is 3.42. The Kier molecular flexibility index (Phi) is 5.10. The lowest BCUT2D eigenvalue weighted by Crippen LogP contribution is -2.15. The van der Waals surface area contributed by atoms with Gasteiger partial charge in [0.2, 0.25) is 0 Å². The summed E-state index contributed by atoms with van der Waals surface area (Å²) in [4.78, 5) is 11.2. The fourth-order valence-electron chi connectivity index (χ4n) is 1.58. The molecule has 1 aromatic carbocycles. The molecule has 0 fully saturated rings. The van der Waals surface area contributed by atoms with E-state index in [0.717, 1.165) is 23.9 Å². The second-order valence-electron chi connectivity index (χ2n) is 3.93. The Morgan fingerprint density at radius 3 is 2.75 bits per heavy atom. The molecule has 85 valence electrons. The van der Waals surface area contributed by atoms with Gasteiger partial charge in [0.15, 0.2) is 7.28 Å². The number of carbonyl (C=O) groups excluding carboxylic acids is 1. The molecule has 0 bridgehead atoms. The lowest BCUT2D eigenvalue weighted by Gasteiger charge is -2.07. The molecule has 0 spiro atoms. The third-order valence-electron chi connectivity index (χ3n) is 2.60. The van der Waals surface area contributed by atoms with Crippen LogP contribution in [-0.4, -0.2) is 20.4 Å². The third-order valence-corrected chi connectivity index (χ3v) is 2.60. The van der Waals surface area contributed by atoms with Gasteiger partial charge in [0, 0.05) is 0 Å². The summed E-state index contributed by atoms with van der Waals surface area (Å²) >= 11 is 0. The van der Waals surface area contributed by atoms with E-state index in [2.05, 4.69) is 31.1 Å². The Hall–Kier alpha value is -1.25. The summed E-state index contributed by atoms with van der Waals surface area (Å²) in [5.74, 6) is -0.187. The zero-order valence-corrected chi connectivity index (χ0v) is 10.2. The van der Waals surface area contributed by atoms with E-state index < -0.39 is 0 Å². The van der Waals surface area contributed by atoms with E-state index in [1.165, 1.54) is 12.6 Å². The predicted octanol–water partition coefficient (Wildman–Crippen LogP) is 1.87. The average molecular weight is 217 g/mol. The SMILES string of the molecule is CCC[B]c1ccc(CC(=O)OC)c(C)c1. The molecule has 0 aliphatic rings. The minimum Gasteiger partial charge on any atom is -0.469 e. The zero-order chi connectivity index (χ0) is 12.0. The monoisotopic (exact) mass is 217 g/mol. The molecule has 16 heavy (non-hydrogen) atoms. The van der Waals surface area contributed by atoms with Crippen molar-refractivity contribution in [3.8, 4) is 0 Å². The summed E-state index contributed by atoms with van der Waals surface area (Å²) in [5, 5.41) is 0.